The highest BCUT2D eigenvalue weighted by molar-refractivity contribution is 7.13. The van der Waals surface area contributed by atoms with E-state index in [1.54, 1.807) is 12.1 Å². The third-order valence-electron chi connectivity index (χ3n) is 2.46. The normalized spacial score (nSPS) is 11.1. The van der Waals surface area contributed by atoms with E-state index in [1.165, 1.54) is 23.6 Å². The molecular formula is C13H8FN3O2S2. The summed E-state index contributed by atoms with van der Waals surface area (Å²) in [7, 11) is 0. The molecule has 0 unspecified atom stereocenters. The maximum absolute atomic E-state index is 12.8. The molecule has 1 amide bonds. The Morgan fingerprint density at radius 1 is 1.43 bits per heavy atom. The Balaban J connectivity index is 1.64. The van der Waals surface area contributed by atoms with Crippen LogP contribution in [0.3, 0.4) is 0 Å². The van der Waals surface area contributed by atoms with Gasteiger partial charge in [0.25, 0.3) is 5.91 Å². The van der Waals surface area contributed by atoms with Gasteiger partial charge < -0.3 is 4.52 Å². The van der Waals surface area contributed by atoms with Crippen LogP contribution >= 0.6 is 22.7 Å². The van der Waals surface area contributed by atoms with Crippen molar-refractivity contribution < 1.29 is 13.7 Å². The number of carbonyl (C=O) groups excluding carboxylic acids is 1. The van der Waals surface area contributed by atoms with Crippen LogP contribution < -0.4 is 5.43 Å². The van der Waals surface area contributed by atoms with Crippen molar-refractivity contribution in [2.75, 3.05) is 0 Å². The van der Waals surface area contributed by atoms with Gasteiger partial charge >= 0.3 is 0 Å². The van der Waals surface area contributed by atoms with E-state index in [4.69, 9.17) is 4.52 Å². The summed E-state index contributed by atoms with van der Waals surface area (Å²) in [6, 6.07) is 8.20. The minimum Gasteiger partial charge on any atom is -0.355 e. The van der Waals surface area contributed by atoms with Gasteiger partial charge in [0.15, 0.2) is 16.6 Å². The van der Waals surface area contributed by atoms with E-state index in [0.29, 0.717) is 10.6 Å². The highest BCUT2D eigenvalue weighted by atomic mass is 32.1. The number of rotatable bonds is 4. The molecular weight excluding hydrogens is 313 g/mol. The molecule has 3 aromatic heterocycles. The fraction of sp³-hybridized carbons (Fsp3) is 0. The molecule has 3 aromatic rings. The number of thiophene rings is 2. The highest BCUT2D eigenvalue weighted by Crippen LogP contribution is 2.25. The Kier molecular flexibility index (Phi) is 3.89. The van der Waals surface area contributed by atoms with Crippen LogP contribution in [0, 0.1) is 5.13 Å². The number of hydrazone groups is 1. The second kappa shape index (κ2) is 5.98. The second-order valence-electron chi connectivity index (χ2n) is 3.89. The maximum Gasteiger partial charge on any atom is 0.293 e. The van der Waals surface area contributed by atoms with Crippen molar-refractivity contribution in [3.8, 4) is 10.6 Å². The number of hydrogen-bond acceptors (Lipinski definition) is 6. The van der Waals surface area contributed by atoms with Crippen LogP contribution in [0.15, 0.2) is 45.3 Å². The number of nitrogens with one attached hydrogen (secondary N) is 1. The first-order valence-corrected chi connectivity index (χ1v) is 7.51. The zero-order valence-electron chi connectivity index (χ0n) is 10.4. The SMILES string of the molecule is O=C(NN=Cc1ccc(F)s1)c1cc(-c2cccs2)on1. The lowest BCUT2D eigenvalue weighted by Crippen LogP contribution is -2.17. The molecule has 0 radical (unpaired) electrons. The molecule has 21 heavy (non-hydrogen) atoms. The fourth-order valence-electron chi connectivity index (χ4n) is 1.53. The lowest BCUT2D eigenvalue weighted by molar-refractivity contribution is 0.0946. The average Bonchev–Trinajstić information content (AvgIpc) is 3.19. The summed E-state index contributed by atoms with van der Waals surface area (Å²) in [5.74, 6) is 0.0364. The van der Waals surface area contributed by atoms with E-state index in [2.05, 4.69) is 15.7 Å². The number of aromatic nitrogens is 1. The van der Waals surface area contributed by atoms with Gasteiger partial charge in [-0.3, -0.25) is 4.79 Å². The van der Waals surface area contributed by atoms with Gasteiger partial charge in [0.1, 0.15) is 0 Å². The molecule has 3 rings (SSSR count). The molecule has 0 aromatic carbocycles. The molecule has 0 bridgehead atoms. The van der Waals surface area contributed by atoms with Crippen molar-refractivity contribution in [2.24, 2.45) is 5.10 Å². The van der Waals surface area contributed by atoms with E-state index in [-0.39, 0.29) is 10.8 Å². The third kappa shape index (κ3) is 3.23. The monoisotopic (exact) mass is 321 g/mol. The summed E-state index contributed by atoms with van der Waals surface area (Å²) in [5, 5.41) is 9.03. The third-order valence-corrected chi connectivity index (χ3v) is 4.15. The van der Waals surface area contributed by atoms with Crippen molar-refractivity contribution >= 4 is 34.8 Å². The number of hydrogen-bond donors (Lipinski definition) is 1. The number of amides is 1. The largest absolute Gasteiger partial charge is 0.355 e. The van der Waals surface area contributed by atoms with Crippen LogP contribution in [0.2, 0.25) is 0 Å². The molecule has 106 valence electrons. The van der Waals surface area contributed by atoms with Gasteiger partial charge in [-0.1, -0.05) is 11.2 Å². The molecule has 8 heteroatoms. The first-order valence-electron chi connectivity index (χ1n) is 5.82. The van der Waals surface area contributed by atoms with Gasteiger partial charge in [0, 0.05) is 6.07 Å². The molecule has 5 nitrogen and oxygen atoms in total. The molecule has 0 aliphatic carbocycles. The first kappa shape index (κ1) is 13.7. The zero-order chi connectivity index (χ0) is 14.7. The summed E-state index contributed by atoms with van der Waals surface area (Å²) in [6.45, 7) is 0. The van der Waals surface area contributed by atoms with Crippen LogP contribution in [0.25, 0.3) is 10.6 Å². The Hall–Kier alpha value is -2.32. The molecule has 1 N–H and O–H groups in total. The molecule has 0 saturated heterocycles. The van der Waals surface area contributed by atoms with Crippen molar-refractivity contribution in [3.05, 3.63) is 51.4 Å². The van der Waals surface area contributed by atoms with Gasteiger partial charge in [0.05, 0.1) is 16.0 Å². The van der Waals surface area contributed by atoms with Gasteiger partial charge in [-0.15, -0.1) is 22.7 Å². The molecule has 0 saturated carbocycles. The second-order valence-corrected chi connectivity index (χ2v) is 5.91. The van der Waals surface area contributed by atoms with Crippen LogP contribution in [0.1, 0.15) is 15.4 Å². The standard InChI is InChI=1S/C13H8FN3O2S2/c14-12-4-3-8(21-12)7-15-16-13(18)9-6-10(19-17-9)11-2-1-5-20-11/h1-7H,(H,16,18). The summed E-state index contributed by atoms with van der Waals surface area (Å²) >= 11 is 2.43. The number of halogens is 1. The van der Waals surface area contributed by atoms with Crippen molar-refractivity contribution in [1.29, 1.82) is 0 Å². The number of carbonyl (C=O) groups is 1. The zero-order valence-corrected chi connectivity index (χ0v) is 12.1. The molecule has 3 heterocycles. The van der Waals surface area contributed by atoms with Crippen LogP contribution in [0.4, 0.5) is 4.39 Å². The predicted molar refractivity (Wildman–Crippen MR) is 79.2 cm³/mol. The topological polar surface area (TPSA) is 67.5 Å². The van der Waals surface area contributed by atoms with Gasteiger partial charge in [-0.25, -0.2) is 5.43 Å². The van der Waals surface area contributed by atoms with Crippen LogP contribution in [-0.2, 0) is 0 Å². The fourth-order valence-corrected chi connectivity index (χ4v) is 2.80. The van der Waals surface area contributed by atoms with E-state index >= 15 is 0 Å². The number of nitrogens with zero attached hydrogens (tertiary/aromatic N) is 2. The van der Waals surface area contributed by atoms with Crippen molar-refractivity contribution in [2.45, 2.75) is 0 Å². The van der Waals surface area contributed by atoms with E-state index in [0.717, 1.165) is 16.2 Å². The van der Waals surface area contributed by atoms with Crippen LogP contribution in [-0.4, -0.2) is 17.3 Å². The Bertz CT molecular complexity index is 777. The van der Waals surface area contributed by atoms with E-state index in [1.807, 2.05) is 17.5 Å². The van der Waals surface area contributed by atoms with Crippen LogP contribution in [0.5, 0.6) is 0 Å². The molecule has 0 fully saturated rings. The lowest BCUT2D eigenvalue weighted by atomic mass is 10.3. The maximum atomic E-state index is 12.8. The highest BCUT2D eigenvalue weighted by Gasteiger charge is 2.13. The average molecular weight is 321 g/mol. The first-order chi connectivity index (χ1) is 10.2. The summed E-state index contributed by atoms with van der Waals surface area (Å²) in [4.78, 5) is 13.3. The van der Waals surface area contributed by atoms with Gasteiger partial charge in [0.2, 0.25) is 0 Å². The Morgan fingerprint density at radius 3 is 3.05 bits per heavy atom. The summed E-state index contributed by atoms with van der Waals surface area (Å²) in [6.07, 6.45) is 1.37. The Morgan fingerprint density at radius 2 is 2.33 bits per heavy atom. The Labute approximate surface area is 126 Å². The summed E-state index contributed by atoms with van der Waals surface area (Å²) in [5.41, 5.74) is 2.44. The van der Waals surface area contributed by atoms with E-state index < -0.39 is 5.91 Å². The van der Waals surface area contributed by atoms with Gasteiger partial charge in [-0.2, -0.15) is 9.49 Å². The molecule has 0 aliphatic rings. The minimum atomic E-state index is -0.491. The lowest BCUT2D eigenvalue weighted by Gasteiger charge is -1.92. The summed E-state index contributed by atoms with van der Waals surface area (Å²) < 4.78 is 17.9. The van der Waals surface area contributed by atoms with Crippen molar-refractivity contribution in [1.82, 2.24) is 10.6 Å². The predicted octanol–water partition coefficient (Wildman–Crippen LogP) is 3.37. The van der Waals surface area contributed by atoms with Crippen molar-refractivity contribution in [3.63, 3.8) is 0 Å². The van der Waals surface area contributed by atoms with Gasteiger partial charge in [-0.05, 0) is 23.6 Å². The minimum absolute atomic E-state index is 0.132. The molecule has 0 spiro atoms. The smallest absolute Gasteiger partial charge is 0.293 e. The quantitative estimate of drug-likeness (QED) is 0.592. The van der Waals surface area contributed by atoms with E-state index in [9.17, 15) is 9.18 Å². The molecule has 0 aliphatic heterocycles. The molecule has 0 atom stereocenters.